The summed E-state index contributed by atoms with van der Waals surface area (Å²) in [4.78, 5) is 25.2. The van der Waals surface area contributed by atoms with E-state index in [4.69, 9.17) is 16.3 Å². The molecule has 0 saturated heterocycles. The van der Waals surface area contributed by atoms with Gasteiger partial charge in [-0.1, -0.05) is 11.6 Å². The monoisotopic (exact) mass is 375 g/mol. The first-order valence-electron chi connectivity index (χ1n) is 6.57. The minimum atomic E-state index is -4.68. The number of benzene rings is 1. The van der Waals surface area contributed by atoms with E-state index in [0.29, 0.717) is 6.07 Å². The Labute approximate surface area is 143 Å². The van der Waals surface area contributed by atoms with Gasteiger partial charge in [-0.25, -0.2) is 0 Å². The summed E-state index contributed by atoms with van der Waals surface area (Å²) in [6.45, 7) is -0.656. The zero-order chi connectivity index (χ0) is 18.6. The largest absolute Gasteiger partial charge is 0.476 e. The Morgan fingerprint density at radius 2 is 2.08 bits per heavy atom. The van der Waals surface area contributed by atoms with Crippen LogP contribution in [0.2, 0.25) is 5.02 Å². The van der Waals surface area contributed by atoms with Crippen LogP contribution in [0.25, 0.3) is 0 Å². The van der Waals surface area contributed by atoms with Gasteiger partial charge in [0.05, 0.1) is 10.6 Å². The molecule has 0 spiro atoms. The summed E-state index contributed by atoms with van der Waals surface area (Å²) in [5.74, 6) is -1.63. The average Bonchev–Trinajstić information content (AvgIpc) is 2.54. The van der Waals surface area contributed by atoms with E-state index in [1.807, 2.05) is 0 Å². The highest BCUT2D eigenvalue weighted by Gasteiger charge is 2.33. The van der Waals surface area contributed by atoms with Gasteiger partial charge in [-0.3, -0.25) is 4.79 Å². The SMILES string of the molecule is O=C(COc1cccnc1[N+](=O)[O-])Nc1ccc(Cl)c(C(F)(F)F)c1. The van der Waals surface area contributed by atoms with Crippen LogP contribution < -0.4 is 10.1 Å². The molecule has 25 heavy (non-hydrogen) atoms. The lowest BCUT2D eigenvalue weighted by atomic mass is 10.2. The molecule has 1 amide bonds. The number of pyridine rings is 1. The number of nitro groups is 1. The molecule has 0 saturated carbocycles. The molecule has 7 nitrogen and oxygen atoms in total. The topological polar surface area (TPSA) is 94.4 Å². The molecule has 0 radical (unpaired) electrons. The van der Waals surface area contributed by atoms with Crippen molar-refractivity contribution in [2.45, 2.75) is 6.18 Å². The van der Waals surface area contributed by atoms with Crippen molar-refractivity contribution in [2.75, 3.05) is 11.9 Å². The number of ether oxygens (including phenoxy) is 1. The van der Waals surface area contributed by atoms with Gasteiger partial charge in [0.25, 0.3) is 5.91 Å². The van der Waals surface area contributed by atoms with Crippen molar-refractivity contribution < 1.29 is 27.6 Å². The molecule has 11 heteroatoms. The van der Waals surface area contributed by atoms with Gasteiger partial charge >= 0.3 is 12.0 Å². The molecular formula is C14H9ClF3N3O4. The molecule has 1 aromatic heterocycles. The molecule has 0 atom stereocenters. The second-order valence-corrected chi connectivity index (χ2v) is 5.02. The van der Waals surface area contributed by atoms with E-state index in [1.165, 1.54) is 24.4 Å². The summed E-state index contributed by atoms with van der Waals surface area (Å²) in [6, 6.07) is 5.46. The Balaban J connectivity index is 2.06. The number of alkyl halides is 3. The minimum absolute atomic E-state index is 0.147. The van der Waals surface area contributed by atoms with Crippen molar-refractivity contribution in [3.63, 3.8) is 0 Å². The van der Waals surface area contributed by atoms with Gasteiger partial charge in [-0.2, -0.15) is 13.2 Å². The Morgan fingerprint density at radius 1 is 1.36 bits per heavy atom. The van der Waals surface area contributed by atoms with E-state index in [2.05, 4.69) is 10.3 Å². The predicted molar refractivity (Wildman–Crippen MR) is 81.5 cm³/mol. The highest BCUT2D eigenvalue weighted by Crippen LogP contribution is 2.36. The normalized spacial score (nSPS) is 11.0. The number of hydrogen-bond acceptors (Lipinski definition) is 5. The second-order valence-electron chi connectivity index (χ2n) is 4.61. The molecule has 1 aromatic carbocycles. The number of anilines is 1. The van der Waals surface area contributed by atoms with Crippen molar-refractivity contribution >= 4 is 29.0 Å². The van der Waals surface area contributed by atoms with Gasteiger partial charge < -0.3 is 20.2 Å². The van der Waals surface area contributed by atoms with Crippen LogP contribution in [0.4, 0.5) is 24.7 Å². The van der Waals surface area contributed by atoms with E-state index < -0.39 is 40.0 Å². The predicted octanol–water partition coefficient (Wildman–Crippen LogP) is 3.68. The fraction of sp³-hybridized carbons (Fsp3) is 0.143. The second kappa shape index (κ2) is 7.34. The zero-order valence-electron chi connectivity index (χ0n) is 12.2. The maximum Gasteiger partial charge on any atom is 0.417 e. The van der Waals surface area contributed by atoms with Crippen LogP contribution in [0.1, 0.15) is 5.56 Å². The van der Waals surface area contributed by atoms with Crippen LogP contribution in [0.5, 0.6) is 5.75 Å². The molecule has 2 rings (SSSR count). The van der Waals surface area contributed by atoms with E-state index in [-0.39, 0.29) is 11.4 Å². The van der Waals surface area contributed by atoms with Crippen molar-refractivity contribution in [1.29, 1.82) is 0 Å². The van der Waals surface area contributed by atoms with Crippen LogP contribution in [0, 0.1) is 10.1 Å². The van der Waals surface area contributed by atoms with Crippen LogP contribution in [0.15, 0.2) is 36.5 Å². The summed E-state index contributed by atoms with van der Waals surface area (Å²) < 4.78 is 43.3. The molecular weight excluding hydrogens is 367 g/mol. The van der Waals surface area contributed by atoms with Gasteiger partial charge in [0.15, 0.2) is 6.61 Å². The van der Waals surface area contributed by atoms with E-state index >= 15 is 0 Å². The number of rotatable bonds is 5. The van der Waals surface area contributed by atoms with Crippen molar-refractivity contribution in [3.05, 3.63) is 57.2 Å². The molecule has 0 unspecified atom stereocenters. The van der Waals surface area contributed by atoms with Gasteiger partial charge in [-0.15, -0.1) is 0 Å². The number of nitrogens with zero attached hydrogens (tertiary/aromatic N) is 2. The molecule has 1 N–H and O–H groups in total. The first-order valence-corrected chi connectivity index (χ1v) is 6.95. The van der Waals surface area contributed by atoms with E-state index in [9.17, 15) is 28.1 Å². The lowest BCUT2D eigenvalue weighted by Gasteiger charge is -2.12. The third-order valence-corrected chi connectivity index (χ3v) is 3.17. The smallest absolute Gasteiger partial charge is 0.417 e. The van der Waals surface area contributed by atoms with Crippen LogP contribution in [-0.2, 0) is 11.0 Å². The van der Waals surface area contributed by atoms with Crippen molar-refractivity contribution in [2.24, 2.45) is 0 Å². The summed E-state index contributed by atoms with van der Waals surface area (Å²) in [5, 5.41) is 12.4. The first-order chi connectivity index (χ1) is 11.7. The van der Waals surface area contributed by atoms with E-state index in [1.54, 1.807) is 0 Å². The van der Waals surface area contributed by atoms with E-state index in [0.717, 1.165) is 6.07 Å². The lowest BCUT2D eigenvalue weighted by molar-refractivity contribution is -0.390. The maximum atomic E-state index is 12.8. The van der Waals surface area contributed by atoms with Crippen molar-refractivity contribution in [1.82, 2.24) is 4.98 Å². The van der Waals surface area contributed by atoms with Gasteiger partial charge in [0.2, 0.25) is 5.75 Å². The molecule has 1 heterocycles. The molecule has 0 bridgehead atoms. The number of hydrogen-bond donors (Lipinski definition) is 1. The van der Waals surface area contributed by atoms with Crippen LogP contribution in [0.3, 0.4) is 0 Å². The third-order valence-electron chi connectivity index (χ3n) is 2.84. The number of aromatic nitrogens is 1. The number of carbonyl (C=O) groups excluding carboxylic acids is 1. The number of amides is 1. The quantitative estimate of drug-likeness (QED) is 0.635. The fourth-order valence-electron chi connectivity index (χ4n) is 1.79. The Bertz CT molecular complexity index is 814. The Kier molecular flexibility index (Phi) is 5.42. The van der Waals surface area contributed by atoms with Gasteiger partial charge in [-0.05, 0) is 40.2 Å². The van der Waals surface area contributed by atoms with Gasteiger partial charge in [0, 0.05) is 5.69 Å². The maximum absolute atomic E-state index is 12.8. The minimum Gasteiger partial charge on any atom is -0.476 e. The molecule has 0 aliphatic carbocycles. The Hall–Kier alpha value is -2.88. The summed E-state index contributed by atoms with van der Waals surface area (Å²) in [7, 11) is 0. The summed E-state index contributed by atoms with van der Waals surface area (Å²) in [5.41, 5.74) is -1.25. The zero-order valence-corrected chi connectivity index (χ0v) is 13.0. The summed E-state index contributed by atoms with van der Waals surface area (Å²) >= 11 is 5.48. The molecule has 2 aromatic rings. The highest BCUT2D eigenvalue weighted by molar-refractivity contribution is 6.31. The molecule has 132 valence electrons. The molecule has 0 aliphatic heterocycles. The lowest BCUT2D eigenvalue weighted by Crippen LogP contribution is -2.21. The standard InChI is InChI=1S/C14H9ClF3N3O4/c15-10-4-3-8(6-9(10)14(16,17)18)20-12(22)7-25-11-2-1-5-19-13(11)21(23)24/h1-6H,7H2,(H,20,22). The average molecular weight is 376 g/mol. The van der Waals surface area contributed by atoms with Crippen LogP contribution in [-0.4, -0.2) is 22.4 Å². The highest BCUT2D eigenvalue weighted by atomic mass is 35.5. The fourth-order valence-corrected chi connectivity index (χ4v) is 2.02. The van der Waals surface area contributed by atoms with Gasteiger partial charge in [0.1, 0.15) is 6.20 Å². The van der Waals surface area contributed by atoms with Crippen molar-refractivity contribution in [3.8, 4) is 5.75 Å². The van der Waals surface area contributed by atoms with Crippen LogP contribution >= 0.6 is 11.6 Å². The summed E-state index contributed by atoms with van der Waals surface area (Å²) in [6.07, 6.45) is -3.50. The first kappa shape index (κ1) is 18.5. The number of carbonyl (C=O) groups is 1. The molecule has 0 fully saturated rings. The third kappa shape index (κ3) is 4.80. The Morgan fingerprint density at radius 3 is 2.72 bits per heavy atom. The number of nitrogens with one attached hydrogen (secondary N) is 1. The number of halogens is 4. The molecule has 0 aliphatic rings.